The first-order valence-electron chi connectivity index (χ1n) is 19.7. The van der Waals surface area contributed by atoms with Gasteiger partial charge in [0.2, 0.25) is 0 Å². The van der Waals surface area contributed by atoms with Gasteiger partial charge in [0.15, 0.2) is 0 Å². The highest BCUT2D eigenvalue weighted by Crippen LogP contribution is 2.51. The lowest BCUT2D eigenvalue weighted by molar-refractivity contribution is -0.159. The molecular formula is C50H54O5. The molecule has 0 heterocycles. The van der Waals surface area contributed by atoms with E-state index in [0.717, 1.165) is 93.6 Å². The maximum Gasteiger partial charge on any atom is 0.135 e. The number of hydrogen-bond donors (Lipinski definition) is 0. The first-order valence-corrected chi connectivity index (χ1v) is 19.7. The summed E-state index contributed by atoms with van der Waals surface area (Å²) < 4.78 is 32.8. The van der Waals surface area contributed by atoms with Crippen molar-refractivity contribution in [2.75, 3.05) is 13.2 Å². The topological polar surface area (TPSA) is 46.2 Å². The molecule has 0 aliphatic heterocycles. The van der Waals surface area contributed by atoms with E-state index < -0.39 is 11.2 Å². The van der Waals surface area contributed by atoms with Gasteiger partial charge in [-0.3, -0.25) is 0 Å². The van der Waals surface area contributed by atoms with Crippen molar-refractivity contribution in [3.63, 3.8) is 0 Å². The lowest BCUT2D eigenvalue weighted by Gasteiger charge is -2.43. The van der Waals surface area contributed by atoms with Crippen LogP contribution in [0.3, 0.4) is 0 Å². The fraction of sp³-hybridized carbons (Fsp3) is 0.280. The van der Waals surface area contributed by atoms with Gasteiger partial charge in [-0.05, 0) is 123 Å². The van der Waals surface area contributed by atoms with Gasteiger partial charge in [0.1, 0.15) is 34.5 Å². The van der Waals surface area contributed by atoms with Crippen LogP contribution in [0, 0.1) is 0 Å². The molecule has 0 amide bonds. The molecule has 5 nitrogen and oxygen atoms in total. The van der Waals surface area contributed by atoms with Crippen LogP contribution in [-0.4, -0.2) is 13.2 Å². The largest absolute Gasteiger partial charge is 0.494 e. The highest BCUT2D eigenvalue weighted by Gasteiger charge is 2.41. The van der Waals surface area contributed by atoms with Crippen LogP contribution >= 0.6 is 0 Å². The van der Waals surface area contributed by atoms with Crippen LogP contribution in [0.1, 0.15) is 78.4 Å². The zero-order chi connectivity index (χ0) is 38.7. The Kier molecular flexibility index (Phi) is 13.0. The molecular weight excluding hydrogens is 681 g/mol. The SMILES string of the molecule is CCCC(C)(OC(C)(CCC)c1cccc(Oc2ccccc2)c1-c1ccc(OCC)cc1)c1cccc(Oc2ccccc2)c1-c1ccc(OCC)cc1. The third-order valence-electron chi connectivity index (χ3n) is 9.95. The summed E-state index contributed by atoms with van der Waals surface area (Å²) >= 11 is 0. The van der Waals surface area contributed by atoms with Crippen molar-refractivity contribution in [3.8, 4) is 56.8 Å². The van der Waals surface area contributed by atoms with Crippen LogP contribution in [0.15, 0.2) is 146 Å². The molecule has 0 N–H and O–H groups in total. The minimum Gasteiger partial charge on any atom is -0.494 e. The van der Waals surface area contributed by atoms with Crippen LogP contribution in [0.2, 0.25) is 0 Å². The predicted molar refractivity (Wildman–Crippen MR) is 225 cm³/mol. The molecule has 284 valence electrons. The Balaban J connectivity index is 1.53. The third-order valence-corrected chi connectivity index (χ3v) is 9.95. The van der Waals surface area contributed by atoms with Gasteiger partial charge >= 0.3 is 0 Å². The van der Waals surface area contributed by atoms with E-state index in [4.69, 9.17) is 23.7 Å². The van der Waals surface area contributed by atoms with Crippen LogP contribution in [0.4, 0.5) is 0 Å². The zero-order valence-electron chi connectivity index (χ0n) is 33.1. The van der Waals surface area contributed by atoms with E-state index in [9.17, 15) is 0 Å². The summed E-state index contributed by atoms with van der Waals surface area (Å²) in [6.07, 6.45) is 3.38. The number of hydrogen-bond acceptors (Lipinski definition) is 5. The van der Waals surface area contributed by atoms with Crippen molar-refractivity contribution in [2.24, 2.45) is 0 Å². The molecule has 0 saturated carbocycles. The van der Waals surface area contributed by atoms with E-state index in [1.807, 2.05) is 111 Å². The van der Waals surface area contributed by atoms with E-state index >= 15 is 0 Å². The molecule has 5 heteroatoms. The normalized spacial score (nSPS) is 13.3. The van der Waals surface area contributed by atoms with E-state index in [1.165, 1.54) is 0 Å². The Morgan fingerprint density at radius 1 is 0.400 bits per heavy atom. The number of benzene rings is 6. The molecule has 6 rings (SSSR count). The summed E-state index contributed by atoms with van der Waals surface area (Å²) in [6, 6.07) is 49.2. The van der Waals surface area contributed by atoms with Crippen molar-refractivity contribution in [1.29, 1.82) is 0 Å². The van der Waals surface area contributed by atoms with E-state index in [-0.39, 0.29) is 0 Å². The zero-order valence-corrected chi connectivity index (χ0v) is 33.1. The first kappa shape index (κ1) is 39.2. The van der Waals surface area contributed by atoms with Crippen molar-refractivity contribution in [3.05, 3.63) is 157 Å². The average molecular weight is 735 g/mol. The standard InChI is InChI=1S/C50H54O5/c1-7-35-49(5,43-23-17-25-45(53-41-19-13-11-14-20-41)47(43)37-27-31-39(32-28-37)51-9-3)55-50(6,36-8-2)44-24-18-26-46(54-42-21-15-12-16-22-42)48(44)38-29-33-40(34-30-38)52-10-4/h11-34H,7-10,35-36H2,1-6H3. The molecule has 0 fully saturated rings. The fourth-order valence-corrected chi connectivity index (χ4v) is 7.64. The number of ether oxygens (including phenoxy) is 5. The monoisotopic (exact) mass is 734 g/mol. The maximum absolute atomic E-state index is 7.78. The molecule has 0 bridgehead atoms. The van der Waals surface area contributed by atoms with Gasteiger partial charge in [0.25, 0.3) is 0 Å². The van der Waals surface area contributed by atoms with Crippen LogP contribution in [-0.2, 0) is 15.9 Å². The smallest absolute Gasteiger partial charge is 0.135 e. The second kappa shape index (κ2) is 18.2. The lowest BCUT2D eigenvalue weighted by atomic mass is 9.80. The summed E-state index contributed by atoms with van der Waals surface area (Å²) in [6.45, 7) is 14.1. The Bertz CT molecular complexity index is 1940. The van der Waals surface area contributed by atoms with Gasteiger partial charge in [-0.1, -0.05) is 112 Å². The van der Waals surface area contributed by atoms with Gasteiger partial charge < -0.3 is 23.7 Å². The third kappa shape index (κ3) is 9.24. The molecule has 6 aromatic carbocycles. The highest BCUT2D eigenvalue weighted by atomic mass is 16.5. The Labute approximate surface area is 327 Å². The highest BCUT2D eigenvalue weighted by molar-refractivity contribution is 5.77. The Morgan fingerprint density at radius 2 is 0.782 bits per heavy atom. The molecule has 55 heavy (non-hydrogen) atoms. The molecule has 2 atom stereocenters. The number of para-hydroxylation sites is 2. The Hall–Kier alpha value is -5.52. The van der Waals surface area contributed by atoms with E-state index in [0.29, 0.717) is 13.2 Å². The summed E-state index contributed by atoms with van der Waals surface area (Å²) in [5, 5.41) is 0. The molecule has 0 aliphatic carbocycles. The van der Waals surface area contributed by atoms with Gasteiger partial charge in [-0.15, -0.1) is 0 Å². The average Bonchev–Trinajstić information content (AvgIpc) is 3.20. The van der Waals surface area contributed by atoms with Gasteiger partial charge in [0, 0.05) is 11.1 Å². The molecule has 6 aromatic rings. The van der Waals surface area contributed by atoms with Crippen molar-refractivity contribution in [1.82, 2.24) is 0 Å². The molecule has 2 unspecified atom stereocenters. The minimum atomic E-state index is -0.727. The maximum atomic E-state index is 7.78. The fourth-order valence-electron chi connectivity index (χ4n) is 7.64. The van der Waals surface area contributed by atoms with E-state index in [2.05, 4.69) is 76.2 Å². The van der Waals surface area contributed by atoms with Gasteiger partial charge in [-0.25, -0.2) is 0 Å². The molecule has 0 aliphatic rings. The molecule has 0 radical (unpaired) electrons. The summed E-state index contributed by atoms with van der Waals surface area (Å²) in [4.78, 5) is 0. The van der Waals surface area contributed by atoms with Gasteiger partial charge in [-0.2, -0.15) is 0 Å². The molecule has 0 aromatic heterocycles. The Morgan fingerprint density at radius 3 is 1.13 bits per heavy atom. The van der Waals surface area contributed by atoms with Crippen molar-refractivity contribution >= 4 is 0 Å². The molecule has 0 spiro atoms. The van der Waals surface area contributed by atoms with Gasteiger partial charge in [0.05, 0.1) is 24.4 Å². The number of rotatable bonds is 18. The first-order chi connectivity index (χ1) is 26.8. The van der Waals surface area contributed by atoms with Crippen molar-refractivity contribution < 1.29 is 23.7 Å². The second-order valence-electron chi connectivity index (χ2n) is 14.2. The lowest BCUT2D eigenvalue weighted by Crippen LogP contribution is -2.38. The second-order valence-corrected chi connectivity index (χ2v) is 14.2. The summed E-state index contributed by atoms with van der Waals surface area (Å²) in [7, 11) is 0. The predicted octanol–water partition coefficient (Wildman–Crippen LogP) is 14.1. The summed E-state index contributed by atoms with van der Waals surface area (Å²) in [5.41, 5.74) is 4.73. The summed E-state index contributed by atoms with van der Waals surface area (Å²) in [5.74, 6) is 4.74. The van der Waals surface area contributed by atoms with Crippen LogP contribution < -0.4 is 18.9 Å². The van der Waals surface area contributed by atoms with Crippen molar-refractivity contribution in [2.45, 2.75) is 78.4 Å². The molecule has 0 saturated heterocycles. The van der Waals surface area contributed by atoms with Crippen LogP contribution in [0.5, 0.6) is 34.5 Å². The quantitative estimate of drug-likeness (QED) is 0.0880. The van der Waals surface area contributed by atoms with E-state index in [1.54, 1.807) is 0 Å². The minimum absolute atomic E-state index is 0.604. The van der Waals surface area contributed by atoms with Crippen LogP contribution in [0.25, 0.3) is 22.3 Å².